The van der Waals surface area contributed by atoms with Gasteiger partial charge in [-0.3, -0.25) is 5.32 Å². The molecule has 1 aliphatic carbocycles. The number of nitrogens with zero attached hydrogens (tertiary/aromatic N) is 2. The van der Waals surface area contributed by atoms with Crippen LogP contribution in [-0.4, -0.2) is 32.6 Å². The van der Waals surface area contributed by atoms with Crippen LogP contribution in [0.2, 0.25) is 0 Å². The first-order valence-electron chi connectivity index (χ1n) is 9.15. The van der Waals surface area contributed by atoms with E-state index in [1.165, 1.54) is 44.2 Å². The van der Waals surface area contributed by atoms with Crippen LogP contribution in [0.15, 0.2) is 36.5 Å². The zero-order valence-electron chi connectivity index (χ0n) is 14.8. The molecular formula is C19H26N4O3. The van der Waals surface area contributed by atoms with Crippen molar-refractivity contribution in [3.8, 4) is 5.75 Å². The lowest BCUT2D eigenvalue weighted by molar-refractivity contribution is 0.175. The second kappa shape index (κ2) is 8.71. The summed E-state index contributed by atoms with van der Waals surface area (Å²) >= 11 is 0. The molecule has 1 atom stereocenters. The highest BCUT2D eigenvalue weighted by molar-refractivity contribution is 5.88. The van der Waals surface area contributed by atoms with Crippen molar-refractivity contribution in [2.45, 2.75) is 44.8 Å². The van der Waals surface area contributed by atoms with Crippen molar-refractivity contribution in [3.63, 3.8) is 0 Å². The van der Waals surface area contributed by atoms with Crippen LogP contribution in [0.5, 0.6) is 5.75 Å². The number of urea groups is 1. The number of benzene rings is 1. The number of hydrogen-bond donors (Lipinski definition) is 4. The molecule has 0 saturated heterocycles. The van der Waals surface area contributed by atoms with E-state index in [2.05, 4.69) is 15.7 Å². The molecule has 4 N–H and O–H groups in total. The summed E-state index contributed by atoms with van der Waals surface area (Å²) in [6, 6.07) is 7.65. The van der Waals surface area contributed by atoms with Gasteiger partial charge in [-0.2, -0.15) is 5.10 Å². The van der Waals surface area contributed by atoms with Crippen molar-refractivity contribution in [2.24, 2.45) is 5.92 Å². The van der Waals surface area contributed by atoms with Crippen molar-refractivity contribution < 1.29 is 15.0 Å². The van der Waals surface area contributed by atoms with E-state index in [1.54, 1.807) is 24.4 Å². The molecule has 1 saturated carbocycles. The molecule has 1 aliphatic rings. The first-order valence-corrected chi connectivity index (χ1v) is 9.15. The van der Waals surface area contributed by atoms with Crippen LogP contribution in [0.4, 0.5) is 10.6 Å². The molecule has 0 aliphatic heterocycles. The Hall–Kier alpha value is -2.54. The Morgan fingerprint density at radius 2 is 1.92 bits per heavy atom. The highest BCUT2D eigenvalue weighted by Gasteiger charge is 2.17. The number of aliphatic hydroxyl groups excluding tert-OH is 1. The van der Waals surface area contributed by atoms with E-state index in [0.717, 1.165) is 6.54 Å². The third-order valence-electron chi connectivity index (χ3n) is 4.85. The van der Waals surface area contributed by atoms with Gasteiger partial charge in [-0.05, 0) is 36.5 Å². The highest BCUT2D eigenvalue weighted by atomic mass is 16.3. The van der Waals surface area contributed by atoms with Crippen LogP contribution < -0.4 is 10.6 Å². The number of nitrogens with one attached hydrogen (secondary N) is 2. The van der Waals surface area contributed by atoms with Gasteiger partial charge in [-0.25, -0.2) is 9.48 Å². The lowest BCUT2D eigenvalue weighted by atomic mass is 9.89. The number of phenolic OH excluding ortho intramolecular Hbond substituents is 1. The fraction of sp³-hybridized carbons (Fsp3) is 0.474. The Labute approximate surface area is 153 Å². The van der Waals surface area contributed by atoms with Crippen LogP contribution >= 0.6 is 0 Å². The van der Waals surface area contributed by atoms with Gasteiger partial charge in [-0.1, -0.05) is 31.4 Å². The SMILES string of the molecule is O=C(NC[C@H](O)c1ccc(O)cc1)Nc1ccnn1CC1CCCCC1. The van der Waals surface area contributed by atoms with Crippen LogP contribution in [0.3, 0.4) is 0 Å². The summed E-state index contributed by atoms with van der Waals surface area (Å²) in [5, 5.41) is 29.2. The van der Waals surface area contributed by atoms with Crippen LogP contribution in [0.25, 0.3) is 0 Å². The predicted octanol–water partition coefficient (Wildman–Crippen LogP) is 3.02. The van der Waals surface area contributed by atoms with E-state index < -0.39 is 6.10 Å². The van der Waals surface area contributed by atoms with Crippen molar-refractivity contribution in [2.75, 3.05) is 11.9 Å². The molecule has 7 heteroatoms. The van der Waals surface area contributed by atoms with Gasteiger partial charge in [0, 0.05) is 19.2 Å². The summed E-state index contributed by atoms with van der Waals surface area (Å²) in [6.07, 6.45) is 7.12. The zero-order valence-corrected chi connectivity index (χ0v) is 14.8. The lowest BCUT2D eigenvalue weighted by Gasteiger charge is -2.22. The average Bonchev–Trinajstić information content (AvgIpc) is 3.08. The Morgan fingerprint density at radius 3 is 2.65 bits per heavy atom. The molecule has 0 bridgehead atoms. The van der Waals surface area contributed by atoms with E-state index >= 15 is 0 Å². The van der Waals surface area contributed by atoms with Crippen LogP contribution in [0, 0.1) is 5.92 Å². The van der Waals surface area contributed by atoms with Gasteiger partial charge in [0.25, 0.3) is 0 Å². The summed E-state index contributed by atoms with van der Waals surface area (Å²) in [7, 11) is 0. The molecule has 0 unspecified atom stereocenters. The third kappa shape index (κ3) is 4.98. The van der Waals surface area contributed by atoms with Crippen molar-refractivity contribution in [3.05, 3.63) is 42.1 Å². The van der Waals surface area contributed by atoms with Gasteiger partial charge >= 0.3 is 6.03 Å². The van der Waals surface area contributed by atoms with Crippen molar-refractivity contribution in [1.29, 1.82) is 0 Å². The summed E-state index contributed by atoms with van der Waals surface area (Å²) in [6.45, 7) is 0.895. The van der Waals surface area contributed by atoms with Crippen molar-refractivity contribution in [1.82, 2.24) is 15.1 Å². The van der Waals surface area contributed by atoms with E-state index in [1.807, 2.05) is 4.68 Å². The van der Waals surface area contributed by atoms with Gasteiger partial charge in [0.05, 0.1) is 12.3 Å². The maximum atomic E-state index is 12.1. The molecule has 1 heterocycles. The summed E-state index contributed by atoms with van der Waals surface area (Å²) in [4.78, 5) is 12.1. The standard InChI is InChI=1S/C19H26N4O3/c24-16-8-6-15(7-9-16)17(25)12-20-19(26)22-18-10-11-21-23(18)13-14-4-2-1-3-5-14/h6-11,14,17,24-25H,1-5,12-13H2,(H2,20,22,26)/t17-/m0/s1. The fourth-order valence-electron chi connectivity index (χ4n) is 3.36. The highest BCUT2D eigenvalue weighted by Crippen LogP contribution is 2.25. The average molecular weight is 358 g/mol. The minimum absolute atomic E-state index is 0.0768. The van der Waals surface area contributed by atoms with E-state index in [9.17, 15) is 15.0 Å². The Balaban J connectivity index is 1.49. The molecule has 0 spiro atoms. The number of aliphatic hydroxyl groups is 1. The van der Waals surface area contributed by atoms with Gasteiger partial charge in [0.2, 0.25) is 0 Å². The predicted molar refractivity (Wildman–Crippen MR) is 98.9 cm³/mol. The van der Waals surface area contributed by atoms with Crippen molar-refractivity contribution >= 4 is 11.8 Å². The molecule has 2 aromatic rings. The molecule has 1 aromatic carbocycles. The number of carbonyl (C=O) groups excluding carboxylic acids is 1. The zero-order chi connectivity index (χ0) is 18.4. The molecule has 2 amide bonds. The second-order valence-corrected chi connectivity index (χ2v) is 6.84. The maximum absolute atomic E-state index is 12.1. The Kier molecular flexibility index (Phi) is 6.12. The lowest BCUT2D eigenvalue weighted by Crippen LogP contribution is -2.33. The summed E-state index contributed by atoms with van der Waals surface area (Å²) < 4.78 is 1.84. The van der Waals surface area contributed by atoms with E-state index in [-0.39, 0.29) is 18.3 Å². The molecule has 140 valence electrons. The minimum atomic E-state index is -0.839. The number of rotatable bonds is 6. The number of anilines is 1. The summed E-state index contributed by atoms with van der Waals surface area (Å²) in [5.41, 5.74) is 0.630. The largest absolute Gasteiger partial charge is 0.508 e. The molecule has 7 nitrogen and oxygen atoms in total. The van der Waals surface area contributed by atoms with Gasteiger partial charge in [0.1, 0.15) is 11.6 Å². The van der Waals surface area contributed by atoms with Gasteiger partial charge < -0.3 is 15.5 Å². The minimum Gasteiger partial charge on any atom is -0.508 e. The van der Waals surface area contributed by atoms with E-state index in [4.69, 9.17) is 0 Å². The number of carbonyl (C=O) groups is 1. The van der Waals surface area contributed by atoms with Gasteiger partial charge in [0.15, 0.2) is 0 Å². The molecule has 1 fully saturated rings. The molecule has 26 heavy (non-hydrogen) atoms. The number of amides is 2. The molecule has 1 aromatic heterocycles. The number of hydrogen-bond acceptors (Lipinski definition) is 4. The molecule has 0 radical (unpaired) electrons. The number of aromatic hydroxyl groups is 1. The molecular weight excluding hydrogens is 332 g/mol. The number of aromatic nitrogens is 2. The Morgan fingerprint density at radius 1 is 1.19 bits per heavy atom. The monoisotopic (exact) mass is 358 g/mol. The van der Waals surface area contributed by atoms with E-state index in [0.29, 0.717) is 17.3 Å². The third-order valence-corrected chi connectivity index (χ3v) is 4.85. The second-order valence-electron chi connectivity index (χ2n) is 6.84. The Bertz CT molecular complexity index is 708. The first kappa shape index (κ1) is 18.3. The van der Waals surface area contributed by atoms with Crippen LogP contribution in [0.1, 0.15) is 43.8 Å². The number of phenols is 1. The first-order chi connectivity index (χ1) is 12.6. The van der Waals surface area contributed by atoms with Gasteiger partial charge in [-0.15, -0.1) is 0 Å². The fourth-order valence-corrected chi connectivity index (χ4v) is 3.36. The normalized spacial score (nSPS) is 16.2. The topological polar surface area (TPSA) is 99.4 Å². The smallest absolute Gasteiger partial charge is 0.320 e. The maximum Gasteiger partial charge on any atom is 0.320 e. The molecule has 3 rings (SSSR count). The van der Waals surface area contributed by atoms with Crippen LogP contribution in [-0.2, 0) is 6.54 Å². The quantitative estimate of drug-likeness (QED) is 0.638. The summed E-state index contributed by atoms with van der Waals surface area (Å²) in [5.74, 6) is 1.41.